The minimum absolute atomic E-state index is 0.871. The number of benzene rings is 4. The highest BCUT2D eigenvalue weighted by Gasteiger charge is 2.10. The van der Waals surface area contributed by atoms with E-state index < -0.39 is 0 Å². The summed E-state index contributed by atoms with van der Waals surface area (Å²) >= 11 is 0. The number of pyridine rings is 3. The van der Waals surface area contributed by atoms with Gasteiger partial charge in [0.15, 0.2) is 0 Å². The molecule has 51 heavy (non-hydrogen) atoms. The maximum Gasteiger partial charge on any atom is 0.0701 e. The average molecular weight is 661 g/mol. The average Bonchev–Trinajstić information content (AvgIpc) is 3.19. The second kappa shape index (κ2) is 15.3. The summed E-state index contributed by atoms with van der Waals surface area (Å²) in [6.07, 6.45) is 5.42. The first-order valence-electron chi connectivity index (χ1n) is 16.8. The van der Waals surface area contributed by atoms with Crippen LogP contribution in [0.5, 0.6) is 0 Å². The molecule has 0 fully saturated rings. The van der Waals surface area contributed by atoms with Crippen LogP contribution >= 0.6 is 0 Å². The van der Waals surface area contributed by atoms with Crippen molar-refractivity contribution in [1.82, 2.24) is 15.0 Å². The maximum absolute atomic E-state index is 5.01. The van der Waals surface area contributed by atoms with E-state index in [1.807, 2.05) is 112 Å². The van der Waals surface area contributed by atoms with Crippen molar-refractivity contribution in [1.29, 1.82) is 0 Å². The zero-order valence-corrected chi connectivity index (χ0v) is 28.8. The third-order valence-corrected chi connectivity index (χ3v) is 8.56. The van der Waals surface area contributed by atoms with Gasteiger partial charge in [0.25, 0.3) is 0 Å². The molecule has 7 rings (SSSR count). The molecule has 0 aliphatic heterocycles. The Hall–Kier alpha value is -6.66. The van der Waals surface area contributed by atoms with Crippen LogP contribution in [0.25, 0.3) is 33.8 Å². The van der Waals surface area contributed by atoms with Crippen LogP contribution in [0.1, 0.15) is 37.5 Å². The van der Waals surface area contributed by atoms with Crippen molar-refractivity contribution < 1.29 is 0 Å². The Balaban J connectivity index is 1.22. The Morgan fingerprint density at radius 3 is 0.863 bits per heavy atom. The molecular formula is C45H36N6. The maximum atomic E-state index is 5.01. The van der Waals surface area contributed by atoms with E-state index in [-0.39, 0.29) is 0 Å². The predicted molar refractivity (Wildman–Crippen MR) is 211 cm³/mol. The van der Waals surface area contributed by atoms with Gasteiger partial charge in [-0.25, -0.2) is 0 Å². The highest BCUT2D eigenvalue weighted by Crippen LogP contribution is 2.26. The van der Waals surface area contributed by atoms with Gasteiger partial charge in [-0.3, -0.25) is 29.9 Å². The monoisotopic (exact) mass is 660 g/mol. The van der Waals surface area contributed by atoms with Crippen LogP contribution in [0.15, 0.2) is 179 Å². The summed E-state index contributed by atoms with van der Waals surface area (Å²) in [7, 11) is 0. The molecule has 0 amide bonds. The SMILES string of the molecule is CC(=Nc1ccc(-c2ccccn2)cc1)c1cc(C(C)=Nc2ccc(-c3ccccn3)cc2)cc(C(C)=Nc2ccc(-c3ccccn3)cc2)c1. The lowest BCUT2D eigenvalue weighted by molar-refractivity contribution is 1.32. The van der Waals surface area contributed by atoms with Crippen molar-refractivity contribution in [3.8, 4) is 33.8 Å². The van der Waals surface area contributed by atoms with Gasteiger partial charge in [0.1, 0.15) is 0 Å². The number of aliphatic imine (C=N–C) groups is 3. The molecule has 3 heterocycles. The number of hydrogen-bond acceptors (Lipinski definition) is 6. The zero-order chi connectivity index (χ0) is 35.0. The molecule has 0 atom stereocenters. The zero-order valence-electron chi connectivity index (χ0n) is 28.8. The van der Waals surface area contributed by atoms with Crippen molar-refractivity contribution in [2.75, 3.05) is 0 Å². The number of nitrogens with zero attached hydrogens (tertiary/aromatic N) is 6. The van der Waals surface area contributed by atoms with E-state index in [0.717, 1.165) is 84.7 Å². The number of hydrogen-bond donors (Lipinski definition) is 0. The third kappa shape index (κ3) is 8.15. The van der Waals surface area contributed by atoms with Gasteiger partial charge in [-0.1, -0.05) is 54.6 Å². The highest BCUT2D eigenvalue weighted by atomic mass is 14.8. The van der Waals surface area contributed by atoms with Crippen LogP contribution in [0.2, 0.25) is 0 Å². The molecule has 4 aromatic carbocycles. The van der Waals surface area contributed by atoms with Crippen molar-refractivity contribution >= 4 is 34.2 Å². The summed E-state index contributed by atoms with van der Waals surface area (Å²) < 4.78 is 0. The standard InChI is InChI=1S/C45H36N6/c1-31(49-40-19-13-34(14-20-40)43-10-4-7-25-46-43)37-28-38(32(2)50-41-21-15-35(16-22-41)44-11-5-8-26-47-44)30-39(29-37)33(3)51-42-23-17-36(18-24-42)45-12-6-9-27-48-45/h4-30H,1-3H3. The molecular weight excluding hydrogens is 625 g/mol. The lowest BCUT2D eigenvalue weighted by Gasteiger charge is -2.11. The van der Waals surface area contributed by atoms with Crippen LogP contribution in [-0.2, 0) is 0 Å². The van der Waals surface area contributed by atoms with Crippen LogP contribution in [-0.4, -0.2) is 32.1 Å². The van der Waals surface area contributed by atoms with Crippen LogP contribution in [0.3, 0.4) is 0 Å². The number of rotatable bonds is 9. The van der Waals surface area contributed by atoms with Gasteiger partial charge in [0.2, 0.25) is 0 Å². The molecule has 0 N–H and O–H groups in total. The van der Waals surface area contributed by atoms with E-state index in [4.69, 9.17) is 15.0 Å². The molecule has 3 aromatic heterocycles. The highest BCUT2D eigenvalue weighted by molar-refractivity contribution is 6.09. The second-order valence-corrected chi connectivity index (χ2v) is 12.2. The molecule has 0 saturated heterocycles. The first kappa shape index (κ1) is 32.9. The quantitative estimate of drug-likeness (QED) is 0.145. The minimum atomic E-state index is 0.871. The lowest BCUT2D eigenvalue weighted by Crippen LogP contribution is -2.05. The molecule has 6 nitrogen and oxygen atoms in total. The normalized spacial score (nSPS) is 12.2. The van der Waals surface area contributed by atoms with Gasteiger partial charge in [0.05, 0.1) is 34.1 Å². The predicted octanol–water partition coefficient (Wildman–Crippen LogP) is 11.3. The van der Waals surface area contributed by atoms with E-state index in [2.05, 4.69) is 69.5 Å². The fourth-order valence-corrected chi connectivity index (χ4v) is 5.75. The summed E-state index contributed by atoms with van der Waals surface area (Å²) in [6.45, 7) is 6.13. The summed E-state index contributed by atoms with van der Waals surface area (Å²) in [5.74, 6) is 0. The Kier molecular flexibility index (Phi) is 9.84. The van der Waals surface area contributed by atoms with Gasteiger partial charge in [-0.15, -0.1) is 0 Å². The molecule has 0 radical (unpaired) electrons. The van der Waals surface area contributed by atoms with Crippen molar-refractivity contribution in [2.24, 2.45) is 15.0 Å². The fourth-order valence-electron chi connectivity index (χ4n) is 5.75. The molecule has 246 valence electrons. The Morgan fingerprint density at radius 2 is 0.627 bits per heavy atom. The minimum Gasteiger partial charge on any atom is -0.256 e. The molecule has 0 bridgehead atoms. The molecule has 0 aliphatic rings. The summed E-state index contributed by atoms with van der Waals surface area (Å²) in [4.78, 5) is 28.5. The molecule has 0 unspecified atom stereocenters. The largest absolute Gasteiger partial charge is 0.256 e. The molecule has 0 aliphatic carbocycles. The van der Waals surface area contributed by atoms with Crippen LogP contribution in [0.4, 0.5) is 17.1 Å². The molecule has 0 spiro atoms. The lowest BCUT2D eigenvalue weighted by atomic mass is 9.98. The smallest absolute Gasteiger partial charge is 0.0701 e. The van der Waals surface area contributed by atoms with Crippen LogP contribution < -0.4 is 0 Å². The Labute approximate surface area is 298 Å². The summed E-state index contributed by atoms with van der Waals surface area (Å²) in [6, 6.07) is 48.8. The van der Waals surface area contributed by atoms with Gasteiger partial charge in [-0.05, 0) is 128 Å². The number of aromatic nitrogens is 3. The van der Waals surface area contributed by atoms with E-state index >= 15 is 0 Å². The van der Waals surface area contributed by atoms with E-state index in [0.29, 0.717) is 0 Å². The van der Waals surface area contributed by atoms with Gasteiger partial charge in [0, 0.05) is 52.4 Å². The van der Waals surface area contributed by atoms with Crippen molar-refractivity contribution in [3.05, 3.63) is 181 Å². The first-order chi connectivity index (χ1) is 25.0. The van der Waals surface area contributed by atoms with Crippen molar-refractivity contribution in [2.45, 2.75) is 20.8 Å². The Bertz CT molecular complexity index is 2050. The van der Waals surface area contributed by atoms with Crippen molar-refractivity contribution in [3.63, 3.8) is 0 Å². The second-order valence-electron chi connectivity index (χ2n) is 12.2. The van der Waals surface area contributed by atoms with Gasteiger partial charge < -0.3 is 0 Å². The van der Waals surface area contributed by atoms with Crippen LogP contribution in [0, 0.1) is 0 Å². The van der Waals surface area contributed by atoms with E-state index in [1.54, 1.807) is 18.6 Å². The van der Waals surface area contributed by atoms with Gasteiger partial charge >= 0.3 is 0 Å². The summed E-state index contributed by atoms with van der Waals surface area (Å²) in [5.41, 5.74) is 14.2. The van der Waals surface area contributed by atoms with E-state index in [9.17, 15) is 0 Å². The third-order valence-electron chi connectivity index (χ3n) is 8.56. The summed E-state index contributed by atoms with van der Waals surface area (Å²) in [5, 5.41) is 0. The topological polar surface area (TPSA) is 75.8 Å². The van der Waals surface area contributed by atoms with Gasteiger partial charge in [-0.2, -0.15) is 0 Å². The molecule has 0 saturated carbocycles. The molecule has 7 aromatic rings. The fraction of sp³-hybridized carbons (Fsp3) is 0.0667. The first-order valence-corrected chi connectivity index (χ1v) is 16.8. The van der Waals surface area contributed by atoms with E-state index in [1.165, 1.54) is 0 Å². The Morgan fingerprint density at radius 1 is 0.353 bits per heavy atom. The molecule has 6 heteroatoms.